The first-order chi connectivity index (χ1) is 8.22. The predicted octanol–water partition coefficient (Wildman–Crippen LogP) is 4.05. The van der Waals surface area contributed by atoms with Crippen molar-refractivity contribution in [3.63, 3.8) is 0 Å². The lowest BCUT2D eigenvalue weighted by atomic mass is 9.93. The Morgan fingerprint density at radius 3 is 2.82 bits per heavy atom. The summed E-state index contributed by atoms with van der Waals surface area (Å²) in [6.07, 6.45) is 7.39. The van der Waals surface area contributed by atoms with Gasteiger partial charge in [0.05, 0.1) is 0 Å². The molecule has 0 aromatic heterocycles. The van der Waals surface area contributed by atoms with Crippen molar-refractivity contribution in [3.05, 3.63) is 39.7 Å². The van der Waals surface area contributed by atoms with Crippen molar-refractivity contribution < 1.29 is 4.39 Å². The van der Waals surface area contributed by atoms with Crippen LogP contribution in [0.1, 0.15) is 12.8 Å². The van der Waals surface area contributed by atoms with Crippen LogP contribution in [-0.2, 0) is 0 Å². The first-order valence-electron chi connectivity index (χ1n) is 6.09. The van der Waals surface area contributed by atoms with E-state index in [1.807, 2.05) is 6.07 Å². The highest BCUT2D eigenvalue weighted by Gasteiger charge is 2.35. The van der Waals surface area contributed by atoms with Crippen LogP contribution in [0.2, 0.25) is 0 Å². The molecular formula is C14H15FIN. The molecule has 17 heavy (non-hydrogen) atoms. The third kappa shape index (κ3) is 2.34. The maximum absolute atomic E-state index is 13.0. The van der Waals surface area contributed by atoms with Crippen LogP contribution >= 0.6 is 22.6 Å². The molecule has 0 aliphatic heterocycles. The number of allylic oxidation sites excluding steroid dienone is 2. The van der Waals surface area contributed by atoms with E-state index in [0.29, 0.717) is 0 Å². The lowest BCUT2D eigenvalue weighted by Gasteiger charge is -2.19. The molecule has 3 unspecified atom stereocenters. The van der Waals surface area contributed by atoms with Crippen molar-refractivity contribution in [1.82, 2.24) is 0 Å². The fourth-order valence-corrected chi connectivity index (χ4v) is 3.67. The van der Waals surface area contributed by atoms with E-state index in [-0.39, 0.29) is 5.82 Å². The van der Waals surface area contributed by atoms with E-state index in [4.69, 9.17) is 0 Å². The second-order valence-corrected chi connectivity index (χ2v) is 6.21. The van der Waals surface area contributed by atoms with Crippen LogP contribution in [0.3, 0.4) is 0 Å². The molecule has 1 N–H and O–H groups in total. The second kappa shape index (κ2) is 4.59. The molecule has 2 aliphatic carbocycles. The molecule has 1 nitrogen and oxygen atoms in total. The fourth-order valence-electron chi connectivity index (χ4n) is 3.00. The zero-order valence-electron chi connectivity index (χ0n) is 9.50. The number of hydrogen-bond acceptors (Lipinski definition) is 1. The molecule has 1 aromatic rings. The first kappa shape index (κ1) is 11.5. The minimum absolute atomic E-state index is 0.164. The lowest BCUT2D eigenvalue weighted by molar-refractivity contribution is 0.472. The van der Waals surface area contributed by atoms with Crippen molar-refractivity contribution in [2.75, 3.05) is 11.9 Å². The van der Waals surface area contributed by atoms with Gasteiger partial charge < -0.3 is 5.32 Å². The first-order valence-corrected chi connectivity index (χ1v) is 7.17. The van der Waals surface area contributed by atoms with E-state index >= 15 is 0 Å². The van der Waals surface area contributed by atoms with Gasteiger partial charge in [-0.2, -0.15) is 0 Å². The summed E-state index contributed by atoms with van der Waals surface area (Å²) in [7, 11) is 0. The van der Waals surface area contributed by atoms with Gasteiger partial charge in [-0.1, -0.05) is 12.2 Å². The average Bonchev–Trinajstić information content (AvgIpc) is 2.89. The Labute approximate surface area is 115 Å². The number of nitrogens with one attached hydrogen (secondary N) is 1. The normalized spacial score (nSPS) is 29.9. The predicted molar refractivity (Wildman–Crippen MR) is 76.5 cm³/mol. The average molecular weight is 343 g/mol. The van der Waals surface area contributed by atoms with Crippen LogP contribution in [-0.4, -0.2) is 6.54 Å². The summed E-state index contributed by atoms with van der Waals surface area (Å²) in [5.74, 6) is 2.18. The van der Waals surface area contributed by atoms with Gasteiger partial charge in [-0.05, 0) is 71.4 Å². The molecule has 0 heterocycles. The topological polar surface area (TPSA) is 12.0 Å². The van der Waals surface area contributed by atoms with Crippen molar-refractivity contribution >= 4 is 28.3 Å². The summed E-state index contributed by atoms with van der Waals surface area (Å²) in [5.41, 5.74) is 1.05. The molecular weight excluding hydrogens is 328 g/mol. The molecule has 0 radical (unpaired) electrons. The Morgan fingerprint density at radius 2 is 2.18 bits per heavy atom. The van der Waals surface area contributed by atoms with Gasteiger partial charge in [0.2, 0.25) is 0 Å². The summed E-state index contributed by atoms with van der Waals surface area (Å²) < 4.78 is 13.9. The van der Waals surface area contributed by atoms with E-state index in [1.54, 1.807) is 6.07 Å². The Morgan fingerprint density at radius 1 is 1.29 bits per heavy atom. The molecule has 1 fully saturated rings. The van der Waals surface area contributed by atoms with E-state index in [9.17, 15) is 4.39 Å². The van der Waals surface area contributed by atoms with Crippen LogP contribution in [0, 0.1) is 27.1 Å². The van der Waals surface area contributed by atoms with Gasteiger partial charge in [-0.3, -0.25) is 0 Å². The number of rotatable bonds is 3. The molecule has 1 saturated carbocycles. The molecule has 3 heteroatoms. The number of halogens is 2. The van der Waals surface area contributed by atoms with Crippen LogP contribution in [0.4, 0.5) is 10.1 Å². The zero-order chi connectivity index (χ0) is 11.8. The SMILES string of the molecule is Fc1ccc(NCC2CC3C=CC2C3)c(I)c1. The van der Waals surface area contributed by atoms with Crippen molar-refractivity contribution in [2.45, 2.75) is 12.8 Å². The highest BCUT2D eigenvalue weighted by molar-refractivity contribution is 14.1. The summed E-state index contributed by atoms with van der Waals surface area (Å²) >= 11 is 2.18. The van der Waals surface area contributed by atoms with Crippen LogP contribution in [0.15, 0.2) is 30.4 Å². The molecule has 0 saturated heterocycles. The van der Waals surface area contributed by atoms with Crippen LogP contribution < -0.4 is 5.32 Å². The van der Waals surface area contributed by atoms with E-state index < -0.39 is 0 Å². The third-order valence-electron chi connectivity index (χ3n) is 3.90. The van der Waals surface area contributed by atoms with Gasteiger partial charge in [0.25, 0.3) is 0 Å². The highest BCUT2D eigenvalue weighted by atomic mass is 127. The largest absolute Gasteiger partial charge is 0.384 e. The van der Waals surface area contributed by atoms with Crippen molar-refractivity contribution in [3.8, 4) is 0 Å². The summed E-state index contributed by atoms with van der Waals surface area (Å²) in [6.45, 7) is 1.01. The summed E-state index contributed by atoms with van der Waals surface area (Å²) in [6, 6.07) is 4.93. The number of hydrogen-bond donors (Lipinski definition) is 1. The maximum atomic E-state index is 13.0. The van der Waals surface area contributed by atoms with E-state index in [2.05, 4.69) is 40.1 Å². The highest BCUT2D eigenvalue weighted by Crippen LogP contribution is 2.43. The standard InChI is InChI=1S/C14H15FIN/c15-12-3-4-14(13(16)7-12)17-8-11-6-9-1-2-10(11)5-9/h1-4,7,9-11,17H,5-6,8H2. The van der Waals surface area contributed by atoms with Crippen molar-refractivity contribution in [2.24, 2.45) is 17.8 Å². The Balaban J connectivity index is 1.62. The monoisotopic (exact) mass is 343 g/mol. The minimum atomic E-state index is -0.164. The molecule has 0 spiro atoms. The number of anilines is 1. The quantitative estimate of drug-likeness (QED) is 0.645. The van der Waals surface area contributed by atoms with Gasteiger partial charge >= 0.3 is 0 Å². The molecule has 0 amide bonds. The Hall–Kier alpha value is -0.580. The van der Waals surface area contributed by atoms with Crippen LogP contribution in [0.25, 0.3) is 0 Å². The lowest BCUT2D eigenvalue weighted by Crippen LogP contribution is -2.18. The van der Waals surface area contributed by atoms with E-state index in [1.165, 1.54) is 18.9 Å². The van der Waals surface area contributed by atoms with Gasteiger partial charge in [-0.25, -0.2) is 4.39 Å². The van der Waals surface area contributed by atoms with Gasteiger partial charge in [0.1, 0.15) is 5.82 Å². The van der Waals surface area contributed by atoms with Crippen molar-refractivity contribution in [1.29, 1.82) is 0 Å². The number of benzene rings is 1. The smallest absolute Gasteiger partial charge is 0.124 e. The summed E-state index contributed by atoms with van der Waals surface area (Å²) in [4.78, 5) is 0. The van der Waals surface area contributed by atoms with Gasteiger partial charge in [0.15, 0.2) is 0 Å². The van der Waals surface area contributed by atoms with Gasteiger partial charge in [0, 0.05) is 15.8 Å². The van der Waals surface area contributed by atoms with E-state index in [0.717, 1.165) is 33.6 Å². The third-order valence-corrected chi connectivity index (χ3v) is 4.79. The molecule has 2 bridgehead atoms. The Kier molecular flexibility index (Phi) is 3.11. The zero-order valence-corrected chi connectivity index (χ0v) is 11.7. The second-order valence-electron chi connectivity index (χ2n) is 5.05. The summed E-state index contributed by atoms with van der Waals surface area (Å²) in [5, 5.41) is 3.46. The fraction of sp³-hybridized carbons (Fsp3) is 0.429. The molecule has 90 valence electrons. The molecule has 3 rings (SSSR count). The molecule has 1 aromatic carbocycles. The minimum Gasteiger partial charge on any atom is -0.384 e. The molecule has 3 atom stereocenters. The van der Waals surface area contributed by atoms with Gasteiger partial charge in [-0.15, -0.1) is 0 Å². The van der Waals surface area contributed by atoms with Crippen LogP contribution in [0.5, 0.6) is 0 Å². The maximum Gasteiger partial charge on any atom is 0.124 e. The molecule has 2 aliphatic rings. The number of fused-ring (bicyclic) bond motifs is 2. The Bertz CT molecular complexity index is 458.